The maximum atomic E-state index is 12.7. The Morgan fingerprint density at radius 3 is 2.52 bits per heavy atom. The fourth-order valence-electron chi connectivity index (χ4n) is 3.17. The molecule has 0 radical (unpaired) electrons. The number of likely N-dealkylation sites (tertiary alicyclic amines) is 1. The first kappa shape index (κ1) is 17.5. The van der Waals surface area contributed by atoms with Gasteiger partial charge in [0.2, 0.25) is 0 Å². The van der Waals surface area contributed by atoms with Gasteiger partial charge in [-0.25, -0.2) is 4.79 Å². The lowest BCUT2D eigenvalue weighted by Gasteiger charge is -2.40. The van der Waals surface area contributed by atoms with Gasteiger partial charge in [0.15, 0.2) is 0 Å². The molecule has 1 heterocycles. The van der Waals surface area contributed by atoms with Gasteiger partial charge in [0.1, 0.15) is 11.5 Å². The highest BCUT2D eigenvalue weighted by Crippen LogP contribution is 2.38. The number of ether oxygens (including phenoxy) is 2. The standard InChI is InChI=1S/C18H25NO4/c1-4-16(20)18(9-11-19(3)12-10-18)14-7-6-8-15(13-14)23-17(21)22-5-2/h6-8,13H,4-5,9-12H2,1-3H3. The Balaban J connectivity index is 2.29. The van der Waals surface area contributed by atoms with Crippen molar-refractivity contribution in [3.05, 3.63) is 29.8 Å². The molecule has 1 aromatic carbocycles. The minimum Gasteiger partial charge on any atom is -0.434 e. The van der Waals surface area contributed by atoms with Crippen LogP contribution in [0.4, 0.5) is 4.79 Å². The second kappa shape index (κ2) is 7.59. The third-order valence-electron chi connectivity index (χ3n) is 4.55. The zero-order chi connectivity index (χ0) is 16.9. The third kappa shape index (κ3) is 3.91. The van der Waals surface area contributed by atoms with Gasteiger partial charge in [-0.15, -0.1) is 0 Å². The average molecular weight is 319 g/mol. The summed E-state index contributed by atoms with van der Waals surface area (Å²) in [6.45, 7) is 5.67. The summed E-state index contributed by atoms with van der Waals surface area (Å²) in [7, 11) is 2.07. The number of carbonyl (C=O) groups is 2. The summed E-state index contributed by atoms with van der Waals surface area (Å²) in [5, 5.41) is 0. The molecule has 126 valence electrons. The summed E-state index contributed by atoms with van der Waals surface area (Å²) < 4.78 is 9.99. The number of Topliss-reactive ketones (excluding diaryl/α,β-unsaturated/α-hetero) is 1. The number of hydrogen-bond donors (Lipinski definition) is 0. The quantitative estimate of drug-likeness (QED) is 0.616. The van der Waals surface area contributed by atoms with Gasteiger partial charge < -0.3 is 14.4 Å². The molecular formula is C18H25NO4. The molecule has 0 spiro atoms. The molecule has 5 heteroatoms. The number of benzene rings is 1. The molecule has 0 saturated carbocycles. The normalized spacial score (nSPS) is 17.5. The lowest BCUT2D eigenvalue weighted by Crippen LogP contribution is -2.46. The lowest BCUT2D eigenvalue weighted by molar-refractivity contribution is -0.126. The molecule has 1 fully saturated rings. The van der Waals surface area contributed by atoms with Gasteiger partial charge in [0.05, 0.1) is 12.0 Å². The van der Waals surface area contributed by atoms with Crippen LogP contribution in [0.15, 0.2) is 24.3 Å². The van der Waals surface area contributed by atoms with Crippen LogP contribution in [-0.2, 0) is 14.9 Å². The summed E-state index contributed by atoms with van der Waals surface area (Å²) in [5.74, 6) is 0.669. The van der Waals surface area contributed by atoms with E-state index in [0.29, 0.717) is 12.2 Å². The Hall–Kier alpha value is -1.88. The summed E-state index contributed by atoms with van der Waals surface area (Å²) in [5.41, 5.74) is 0.453. The Morgan fingerprint density at radius 1 is 1.22 bits per heavy atom. The second-order valence-electron chi connectivity index (χ2n) is 5.98. The van der Waals surface area contributed by atoms with Crippen molar-refractivity contribution >= 4 is 11.9 Å². The van der Waals surface area contributed by atoms with Crippen molar-refractivity contribution in [1.82, 2.24) is 4.90 Å². The molecule has 0 aromatic heterocycles. The van der Waals surface area contributed by atoms with E-state index in [4.69, 9.17) is 9.47 Å². The molecular weight excluding hydrogens is 294 g/mol. The van der Waals surface area contributed by atoms with Gasteiger partial charge in [-0.05, 0) is 57.6 Å². The maximum Gasteiger partial charge on any atom is 0.513 e. The van der Waals surface area contributed by atoms with E-state index < -0.39 is 11.6 Å². The van der Waals surface area contributed by atoms with Crippen LogP contribution in [0.3, 0.4) is 0 Å². The van der Waals surface area contributed by atoms with E-state index >= 15 is 0 Å². The van der Waals surface area contributed by atoms with E-state index in [9.17, 15) is 9.59 Å². The highest BCUT2D eigenvalue weighted by Gasteiger charge is 2.41. The highest BCUT2D eigenvalue weighted by atomic mass is 16.7. The van der Waals surface area contributed by atoms with E-state index in [1.807, 2.05) is 19.1 Å². The molecule has 0 N–H and O–H groups in total. The zero-order valence-corrected chi connectivity index (χ0v) is 14.1. The summed E-state index contributed by atoms with van der Waals surface area (Å²) >= 11 is 0. The molecule has 1 aliphatic heterocycles. The van der Waals surface area contributed by atoms with Crippen LogP contribution in [0.25, 0.3) is 0 Å². The lowest BCUT2D eigenvalue weighted by atomic mass is 9.69. The minimum atomic E-state index is -0.719. The smallest absolute Gasteiger partial charge is 0.434 e. The SMILES string of the molecule is CCOC(=O)Oc1cccc(C2(C(=O)CC)CCN(C)CC2)c1. The van der Waals surface area contributed by atoms with E-state index in [1.165, 1.54) is 0 Å². The van der Waals surface area contributed by atoms with Crippen LogP contribution in [0.2, 0.25) is 0 Å². The van der Waals surface area contributed by atoms with Crippen molar-refractivity contribution in [1.29, 1.82) is 0 Å². The summed E-state index contributed by atoms with van der Waals surface area (Å²) in [6.07, 6.45) is 1.37. The van der Waals surface area contributed by atoms with E-state index in [0.717, 1.165) is 31.5 Å². The predicted molar refractivity (Wildman–Crippen MR) is 87.8 cm³/mol. The number of hydrogen-bond acceptors (Lipinski definition) is 5. The van der Waals surface area contributed by atoms with Gasteiger partial charge in [-0.2, -0.15) is 0 Å². The van der Waals surface area contributed by atoms with Crippen LogP contribution in [0.1, 0.15) is 38.7 Å². The second-order valence-corrected chi connectivity index (χ2v) is 5.98. The van der Waals surface area contributed by atoms with Crippen molar-refractivity contribution in [2.24, 2.45) is 0 Å². The first-order chi connectivity index (χ1) is 11.0. The molecule has 0 atom stereocenters. The van der Waals surface area contributed by atoms with Crippen molar-refractivity contribution in [3.8, 4) is 5.75 Å². The topological polar surface area (TPSA) is 55.8 Å². The molecule has 0 amide bonds. The first-order valence-corrected chi connectivity index (χ1v) is 8.19. The number of ketones is 1. The maximum absolute atomic E-state index is 12.7. The molecule has 5 nitrogen and oxygen atoms in total. The first-order valence-electron chi connectivity index (χ1n) is 8.19. The van der Waals surface area contributed by atoms with Crippen LogP contribution in [-0.4, -0.2) is 43.6 Å². The fourth-order valence-corrected chi connectivity index (χ4v) is 3.17. The zero-order valence-electron chi connectivity index (χ0n) is 14.1. The molecule has 2 rings (SSSR count). The fraction of sp³-hybridized carbons (Fsp3) is 0.556. The number of rotatable bonds is 5. The van der Waals surface area contributed by atoms with Gasteiger partial charge in [0.25, 0.3) is 0 Å². The molecule has 0 unspecified atom stereocenters. The van der Waals surface area contributed by atoms with E-state index in [-0.39, 0.29) is 12.4 Å². The molecule has 0 bridgehead atoms. The van der Waals surface area contributed by atoms with E-state index in [2.05, 4.69) is 11.9 Å². The Morgan fingerprint density at radius 2 is 1.91 bits per heavy atom. The van der Waals surface area contributed by atoms with Gasteiger partial charge in [-0.3, -0.25) is 4.79 Å². The van der Waals surface area contributed by atoms with Crippen molar-refractivity contribution in [2.45, 2.75) is 38.5 Å². The third-order valence-corrected chi connectivity index (χ3v) is 4.55. The Kier molecular flexibility index (Phi) is 5.77. The molecule has 1 aromatic rings. The summed E-state index contributed by atoms with van der Waals surface area (Å²) in [6, 6.07) is 7.29. The monoisotopic (exact) mass is 319 g/mol. The van der Waals surface area contributed by atoms with Crippen LogP contribution in [0.5, 0.6) is 5.75 Å². The summed E-state index contributed by atoms with van der Waals surface area (Å²) in [4.78, 5) is 26.4. The number of carbonyl (C=O) groups excluding carboxylic acids is 2. The van der Waals surface area contributed by atoms with Crippen molar-refractivity contribution < 1.29 is 19.1 Å². The largest absolute Gasteiger partial charge is 0.513 e. The average Bonchev–Trinajstić information content (AvgIpc) is 2.55. The van der Waals surface area contributed by atoms with Gasteiger partial charge >= 0.3 is 6.16 Å². The van der Waals surface area contributed by atoms with Crippen LogP contribution >= 0.6 is 0 Å². The number of piperidine rings is 1. The van der Waals surface area contributed by atoms with Crippen LogP contribution in [0, 0.1) is 0 Å². The van der Waals surface area contributed by atoms with Gasteiger partial charge in [-0.1, -0.05) is 19.1 Å². The Bertz CT molecular complexity index is 562. The Labute approximate surface area is 137 Å². The van der Waals surface area contributed by atoms with Crippen LogP contribution < -0.4 is 4.74 Å². The number of nitrogens with zero attached hydrogens (tertiary/aromatic N) is 1. The molecule has 23 heavy (non-hydrogen) atoms. The van der Waals surface area contributed by atoms with Crippen molar-refractivity contribution in [2.75, 3.05) is 26.7 Å². The molecule has 0 aliphatic carbocycles. The van der Waals surface area contributed by atoms with E-state index in [1.54, 1.807) is 19.1 Å². The highest BCUT2D eigenvalue weighted by molar-refractivity contribution is 5.90. The predicted octanol–water partition coefficient (Wildman–Crippen LogP) is 3.16. The van der Waals surface area contributed by atoms with Gasteiger partial charge in [0, 0.05) is 6.42 Å². The molecule has 1 saturated heterocycles. The molecule has 1 aliphatic rings. The van der Waals surface area contributed by atoms with Crippen molar-refractivity contribution in [3.63, 3.8) is 0 Å². The minimum absolute atomic E-state index is 0.249.